The molecule has 180 valence electrons. The molecule has 0 spiro atoms. The molecule has 0 aliphatic heterocycles. The maximum atomic E-state index is 11.2. The van der Waals surface area contributed by atoms with Crippen molar-refractivity contribution >= 4 is 17.6 Å². The first-order chi connectivity index (χ1) is 14.8. The molecule has 0 aliphatic carbocycles. The fourth-order valence-electron chi connectivity index (χ4n) is 4.19. The Hall–Kier alpha value is -0.240. The van der Waals surface area contributed by atoms with Crippen molar-refractivity contribution in [2.24, 2.45) is 0 Å². The molecule has 2 nitrogen and oxygen atoms in total. The van der Waals surface area contributed by atoms with Crippen LogP contribution >= 0.6 is 11.6 Å². The van der Waals surface area contributed by atoms with Crippen molar-refractivity contribution in [3.05, 3.63) is 0 Å². The standard InChI is InChI=1S/C27H53ClO2/c1-2-3-4-5-6-7-8-9-10-11-12-13-14-15-16-17-18-19-20-21-22-23-24-25-27(29)30-26-28/h2-26H2,1H3. The molecule has 0 bridgehead atoms. The van der Waals surface area contributed by atoms with E-state index in [1.54, 1.807) is 0 Å². The Balaban J connectivity index is 3.03. The number of unbranched alkanes of at least 4 members (excludes halogenated alkanes) is 22. The highest BCUT2D eigenvalue weighted by Gasteiger charge is 2.01. The Morgan fingerprint density at radius 2 is 0.767 bits per heavy atom. The maximum absolute atomic E-state index is 11.2. The number of esters is 1. The fourth-order valence-corrected chi connectivity index (χ4v) is 4.31. The number of alkyl halides is 1. The fraction of sp³-hybridized carbons (Fsp3) is 0.963. The number of ether oxygens (including phenoxy) is 1. The largest absolute Gasteiger partial charge is 0.449 e. The first-order valence-corrected chi connectivity index (χ1v) is 14.1. The Bertz CT molecular complexity index is 333. The van der Waals surface area contributed by atoms with Crippen LogP contribution in [0.25, 0.3) is 0 Å². The molecule has 0 saturated carbocycles. The second-order valence-corrected chi connectivity index (χ2v) is 9.37. The first-order valence-electron chi connectivity index (χ1n) is 13.5. The van der Waals surface area contributed by atoms with Crippen molar-refractivity contribution in [2.75, 3.05) is 6.07 Å². The third-order valence-electron chi connectivity index (χ3n) is 6.20. The minimum Gasteiger partial charge on any atom is -0.449 e. The highest BCUT2D eigenvalue weighted by atomic mass is 35.5. The minimum atomic E-state index is -0.159. The van der Waals surface area contributed by atoms with Crippen LogP contribution in [0.1, 0.15) is 161 Å². The topological polar surface area (TPSA) is 26.3 Å². The van der Waals surface area contributed by atoms with Crippen LogP contribution in [0.5, 0.6) is 0 Å². The van der Waals surface area contributed by atoms with Crippen molar-refractivity contribution in [1.29, 1.82) is 0 Å². The van der Waals surface area contributed by atoms with Crippen molar-refractivity contribution in [3.63, 3.8) is 0 Å². The average Bonchev–Trinajstić information content (AvgIpc) is 2.74. The zero-order valence-electron chi connectivity index (χ0n) is 20.4. The maximum Gasteiger partial charge on any atom is 0.306 e. The zero-order valence-corrected chi connectivity index (χ0v) is 21.1. The van der Waals surface area contributed by atoms with E-state index in [4.69, 9.17) is 16.3 Å². The molecule has 0 saturated heterocycles. The Kier molecular flexibility index (Phi) is 26.6. The van der Waals surface area contributed by atoms with Crippen molar-refractivity contribution in [3.8, 4) is 0 Å². The van der Waals surface area contributed by atoms with Crippen LogP contribution in [0.15, 0.2) is 0 Å². The number of hydrogen-bond acceptors (Lipinski definition) is 2. The van der Waals surface area contributed by atoms with Gasteiger partial charge in [-0.2, -0.15) is 0 Å². The number of halogens is 1. The summed E-state index contributed by atoms with van der Waals surface area (Å²) in [6, 6.07) is -0.0157. The molecular formula is C27H53ClO2. The van der Waals surface area contributed by atoms with Gasteiger partial charge in [0.05, 0.1) is 0 Å². The summed E-state index contributed by atoms with van der Waals surface area (Å²) in [4.78, 5) is 11.2. The molecule has 0 aromatic rings. The summed E-state index contributed by atoms with van der Waals surface area (Å²) in [6.45, 7) is 2.29. The van der Waals surface area contributed by atoms with E-state index in [1.165, 1.54) is 135 Å². The third-order valence-corrected chi connectivity index (χ3v) is 6.31. The molecule has 0 aromatic carbocycles. The monoisotopic (exact) mass is 444 g/mol. The van der Waals surface area contributed by atoms with Gasteiger partial charge in [0, 0.05) is 6.42 Å². The lowest BCUT2D eigenvalue weighted by molar-refractivity contribution is -0.141. The van der Waals surface area contributed by atoms with E-state index in [9.17, 15) is 4.79 Å². The molecule has 0 heterocycles. The smallest absolute Gasteiger partial charge is 0.306 e. The lowest BCUT2D eigenvalue weighted by Gasteiger charge is -2.04. The summed E-state index contributed by atoms with van der Waals surface area (Å²) >= 11 is 5.36. The molecule has 0 unspecified atom stereocenters. The molecule has 0 fully saturated rings. The normalized spacial score (nSPS) is 11.1. The molecule has 0 N–H and O–H groups in total. The van der Waals surface area contributed by atoms with E-state index in [0.29, 0.717) is 6.42 Å². The number of carbonyl (C=O) groups excluding carboxylic acids is 1. The Morgan fingerprint density at radius 1 is 0.500 bits per heavy atom. The Labute approximate surface area is 194 Å². The quantitative estimate of drug-likeness (QED) is 0.0794. The summed E-state index contributed by atoms with van der Waals surface area (Å²) in [6.07, 6.45) is 32.4. The van der Waals surface area contributed by atoms with Gasteiger partial charge >= 0.3 is 5.97 Å². The van der Waals surface area contributed by atoms with Gasteiger partial charge in [-0.05, 0) is 6.42 Å². The van der Waals surface area contributed by atoms with Crippen LogP contribution in [0.2, 0.25) is 0 Å². The predicted molar refractivity (Wildman–Crippen MR) is 133 cm³/mol. The van der Waals surface area contributed by atoms with Gasteiger partial charge in [-0.15, -0.1) is 0 Å². The van der Waals surface area contributed by atoms with Gasteiger partial charge in [0.25, 0.3) is 0 Å². The van der Waals surface area contributed by atoms with Gasteiger partial charge in [0.2, 0.25) is 0 Å². The van der Waals surface area contributed by atoms with E-state index in [0.717, 1.165) is 12.8 Å². The molecule has 0 aromatic heterocycles. The van der Waals surface area contributed by atoms with Crippen LogP contribution in [0, 0.1) is 0 Å². The van der Waals surface area contributed by atoms with Gasteiger partial charge in [0.15, 0.2) is 6.07 Å². The van der Waals surface area contributed by atoms with Gasteiger partial charge in [0.1, 0.15) is 0 Å². The van der Waals surface area contributed by atoms with Gasteiger partial charge < -0.3 is 4.74 Å². The van der Waals surface area contributed by atoms with E-state index < -0.39 is 0 Å². The van der Waals surface area contributed by atoms with Crippen molar-refractivity contribution < 1.29 is 9.53 Å². The molecule has 30 heavy (non-hydrogen) atoms. The summed E-state index contributed by atoms with van der Waals surface area (Å²) in [5.74, 6) is -0.159. The first kappa shape index (κ1) is 29.8. The SMILES string of the molecule is CCCCCCCCCCCCCCCCCCCCCCCCCC(=O)OCCl. The summed E-state index contributed by atoms with van der Waals surface area (Å²) in [5, 5.41) is 0. The second-order valence-electron chi connectivity index (χ2n) is 9.15. The van der Waals surface area contributed by atoms with Crippen molar-refractivity contribution in [1.82, 2.24) is 0 Å². The molecule has 3 heteroatoms. The van der Waals surface area contributed by atoms with Crippen molar-refractivity contribution in [2.45, 2.75) is 161 Å². The summed E-state index contributed by atoms with van der Waals surface area (Å²) in [7, 11) is 0. The van der Waals surface area contributed by atoms with Crippen LogP contribution in [0.4, 0.5) is 0 Å². The predicted octanol–water partition coefficient (Wildman–Crippen LogP) is 10.1. The highest BCUT2D eigenvalue weighted by molar-refractivity contribution is 6.17. The second kappa shape index (κ2) is 26.8. The van der Waals surface area contributed by atoms with Gasteiger partial charge in [-0.1, -0.05) is 160 Å². The minimum absolute atomic E-state index is 0.0157. The van der Waals surface area contributed by atoms with Crippen LogP contribution in [0.3, 0.4) is 0 Å². The van der Waals surface area contributed by atoms with E-state index in [-0.39, 0.29) is 12.0 Å². The van der Waals surface area contributed by atoms with Gasteiger partial charge in [-0.25, -0.2) is 0 Å². The van der Waals surface area contributed by atoms with Crippen LogP contribution < -0.4 is 0 Å². The molecule has 0 radical (unpaired) electrons. The van der Waals surface area contributed by atoms with E-state index in [2.05, 4.69) is 6.92 Å². The van der Waals surface area contributed by atoms with E-state index >= 15 is 0 Å². The molecule has 0 rings (SSSR count). The van der Waals surface area contributed by atoms with Crippen LogP contribution in [-0.2, 0) is 9.53 Å². The molecule has 0 atom stereocenters. The third kappa shape index (κ3) is 25.8. The van der Waals surface area contributed by atoms with Gasteiger partial charge in [-0.3, -0.25) is 4.79 Å². The molecular weight excluding hydrogens is 392 g/mol. The highest BCUT2D eigenvalue weighted by Crippen LogP contribution is 2.15. The van der Waals surface area contributed by atoms with E-state index in [1.807, 2.05) is 0 Å². The molecule has 0 amide bonds. The summed E-state index contributed by atoms with van der Waals surface area (Å²) in [5.41, 5.74) is 0. The number of hydrogen-bond donors (Lipinski definition) is 0. The van der Waals surface area contributed by atoms with Crippen LogP contribution in [-0.4, -0.2) is 12.0 Å². The zero-order chi connectivity index (χ0) is 22.0. The summed E-state index contributed by atoms with van der Waals surface area (Å²) < 4.78 is 4.72. The number of carbonyl (C=O) groups is 1. The average molecular weight is 445 g/mol. The number of rotatable bonds is 25. The molecule has 0 aliphatic rings. The Morgan fingerprint density at radius 3 is 1.03 bits per heavy atom. The lowest BCUT2D eigenvalue weighted by Crippen LogP contribution is -2.01. The lowest BCUT2D eigenvalue weighted by atomic mass is 10.0.